The molecule has 0 aromatic heterocycles. The monoisotopic (exact) mass is 273 g/mol. The summed E-state index contributed by atoms with van der Waals surface area (Å²) in [4.78, 5) is 12.1. The normalized spacial score (nSPS) is 11.9. The number of alkyl halides is 2. The summed E-state index contributed by atoms with van der Waals surface area (Å²) in [6, 6.07) is 3.19. The number of ether oxygens (including phenoxy) is 2. The molecule has 0 unspecified atom stereocenters. The molecular formula is C13H17F2NO3. The Morgan fingerprint density at radius 3 is 2.32 bits per heavy atom. The maximum Gasteiger partial charge on any atom is 0.316 e. The van der Waals surface area contributed by atoms with Gasteiger partial charge in [0.25, 0.3) is 5.91 Å². The van der Waals surface area contributed by atoms with Gasteiger partial charge in [-0.3, -0.25) is 4.79 Å². The Labute approximate surface area is 110 Å². The van der Waals surface area contributed by atoms with Crippen LogP contribution in [0, 0.1) is 6.92 Å². The van der Waals surface area contributed by atoms with Crippen molar-refractivity contribution in [3.05, 3.63) is 17.7 Å². The molecule has 0 saturated heterocycles. The highest BCUT2D eigenvalue weighted by Crippen LogP contribution is 2.38. The number of aryl methyl sites for hydroxylation is 1. The van der Waals surface area contributed by atoms with Gasteiger partial charge in [-0.1, -0.05) is 13.8 Å². The number of carbonyl (C=O) groups excluding carboxylic acids is 1. The summed E-state index contributed by atoms with van der Waals surface area (Å²) in [5.41, 5.74) is 1.06. The molecule has 2 rings (SSSR count). The van der Waals surface area contributed by atoms with Gasteiger partial charge in [0.15, 0.2) is 11.5 Å². The summed E-state index contributed by atoms with van der Waals surface area (Å²) in [6.45, 7) is 5.82. The number of anilines is 1. The highest BCUT2D eigenvalue weighted by molar-refractivity contribution is 5.96. The van der Waals surface area contributed by atoms with Crippen molar-refractivity contribution >= 4 is 11.6 Å². The van der Waals surface area contributed by atoms with Crippen molar-refractivity contribution in [1.82, 2.24) is 0 Å². The molecule has 19 heavy (non-hydrogen) atoms. The molecule has 0 saturated carbocycles. The van der Waals surface area contributed by atoms with Gasteiger partial charge in [0.2, 0.25) is 6.79 Å². The average Bonchev–Trinajstić information content (AvgIpc) is 2.85. The van der Waals surface area contributed by atoms with Gasteiger partial charge in [0.05, 0.1) is 5.69 Å². The van der Waals surface area contributed by atoms with E-state index in [9.17, 15) is 13.6 Å². The van der Waals surface area contributed by atoms with Gasteiger partial charge in [-0.2, -0.15) is 8.78 Å². The third-order valence-electron chi connectivity index (χ3n) is 2.57. The molecule has 0 atom stereocenters. The molecule has 0 fully saturated rings. The zero-order chi connectivity index (χ0) is 14.6. The number of hydrogen-bond acceptors (Lipinski definition) is 3. The van der Waals surface area contributed by atoms with Crippen molar-refractivity contribution < 1.29 is 23.0 Å². The van der Waals surface area contributed by atoms with Gasteiger partial charge in [-0.25, -0.2) is 0 Å². The number of amides is 1. The molecule has 0 N–H and O–H groups in total. The molecule has 1 heterocycles. The topological polar surface area (TPSA) is 38.8 Å². The van der Waals surface area contributed by atoms with Crippen LogP contribution in [0.2, 0.25) is 0 Å². The van der Waals surface area contributed by atoms with E-state index in [0.717, 1.165) is 4.90 Å². The van der Waals surface area contributed by atoms with E-state index < -0.39 is 12.3 Å². The van der Waals surface area contributed by atoms with Crippen LogP contribution < -0.4 is 14.4 Å². The Morgan fingerprint density at radius 1 is 1.26 bits per heavy atom. The lowest BCUT2D eigenvalue weighted by molar-refractivity contribution is -0.128. The molecule has 1 aliphatic rings. The molecule has 4 nitrogen and oxygen atoms in total. The fourth-order valence-corrected chi connectivity index (χ4v) is 1.66. The number of rotatable bonds is 2. The smallest absolute Gasteiger partial charge is 0.316 e. The lowest BCUT2D eigenvalue weighted by atomic mass is 10.1. The highest BCUT2D eigenvalue weighted by atomic mass is 19.3. The Morgan fingerprint density at radius 2 is 1.79 bits per heavy atom. The van der Waals surface area contributed by atoms with Gasteiger partial charge >= 0.3 is 6.43 Å². The van der Waals surface area contributed by atoms with Crippen molar-refractivity contribution in [1.29, 1.82) is 0 Å². The molecule has 0 aliphatic carbocycles. The first-order valence-corrected chi connectivity index (χ1v) is 5.96. The Bertz CT molecular complexity index is 463. The Balaban J connectivity index is 0.000000861. The lowest BCUT2D eigenvalue weighted by Crippen LogP contribution is -2.32. The summed E-state index contributed by atoms with van der Waals surface area (Å²) in [6.07, 6.45) is -3.02. The summed E-state index contributed by atoms with van der Waals surface area (Å²) >= 11 is 0. The number of benzene rings is 1. The third kappa shape index (κ3) is 3.13. The molecule has 0 radical (unpaired) electrons. The third-order valence-corrected chi connectivity index (χ3v) is 2.57. The van der Waals surface area contributed by atoms with Crippen LogP contribution in [0.15, 0.2) is 12.1 Å². The molecule has 1 aliphatic heterocycles. The molecule has 106 valence electrons. The van der Waals surface area contributed by atoms with Crippen LogP contribution in [0.5, 0.6) is 11.5 Å². The quantitative estimate of drug-likeness (QED) is 0.831. The van der Waals surface area contributed by atoms with E-state index in [2.05, 4.69) is 0 Å². The van der Waals surface area contributed by atoms with E-state index in [1.54, 1.807) is 13.0 Å². The van der Waals surface area contributed by atoms with Gasteiger partial charge in [0.1, 0.15) is 0 Å². The Kier molecular flexibility index (Phi) is 5.09. The van der Waals surface area contributed by atoms with E-state index >= 15 is 0 Å². The lowest BCUT2D eigenvalue weighted by Gasteiger charge is -2.19. The second kappa shape index (κ2) is 6.36. The van der Waals surface area contributed by atoms with Gasteiger partial charge in [-0.15, -0.1) is 0 Å². The molecule has 6 heteroatoms. The summed E-state index contributed by atoms with van der Waals surface area (Å²) in [5, 5.41) is 0. The minimum Gasteiger partial charge on any atom is -0.454 e. The summed E-state index contributed by atoms with van der Waals surface area (Å²) < 4.78 is 34.9. The average molecular weight is 273 g/mol. The van der Waals surface area contributed by atoms with E-state index in [1.165, 1.54) is 13.1 Å². The number of nitrogens with zero attached hydrogens (tertiary/aromatic N) is 1. The van der Waals surface area contributed by atoms with Crippen LogP contribution in [0.1, 0.15) is 19.4 Å². The Hall–Kier alpha value is -1.85. The van der Waals surface area contributed by atoms with Crippen molar-refractivity contribution in [2.75, 3.05) is 18.7 Å². The van der Waals surface area contributed by atoms with Crippen LogP contribution in [0.4, 0.5) is 14.5 Å². The first-order chi connectivity index (χ1) is 9.00. The first-order valence-electron chi connectivity index (χ1n) is 5.96. The fraction of sp³-hybridized carbons (Fsp3) is 0.462. The van der Waals surface area contributed by atoms with Crippen LogP contribution in [-0.4, -0.2) is 26.2 Å². The van der Waals surface area contributed by atoms with E-state index in [0.29, 0.717) is 22.7 Å². The molecule has 1 aromatic carbocycles. The molecule has 0 bridgehead atoms. The van der Waals surface area contributed by atoms with Crippen LogP contribution in [-0.2, 0) is 4.79 Å². The van der Waals surface area contributed by atoms with Crippen molar-refractivity contribution in [2.45, 2.75) is 27.2 Å². The maximum absolute atomic E-state index is 12.3. The van der Waals surface area contributed by atoms with Gasteiger partial charge < -0.3 is 14.4 Å². The summed E-state index contributed by atoms with van der Waals surface area (Å²) in [5.74, 6) is -0.226. The highest BCUT2D eigenvalue weighted by Gasteiger charge is 2.24. The fourth-order valence-electron chi connectivity index (χ4n) is 1.66. The maximum atomic E-state index is 12.3. The summed E-state index contributed by atoms with van der Waals surface area (Å²) in [7, 11) is 1.30. The van der Waals surface area contributed by atoms with Crippen molar-refractivity contribution in [2.24, 2.45) is 0 Å². The second-order valence-corrected chi connectivity index (χ2v) is 3.69. The predicted octanol–water partition coefficient (Wildman–Crippen LogP) is 2.98. The zero-order valence-electron chi connectivity index (χ0n) is 11.4. The molecule has 1 amide bonds. The number of fused-ring (bicyclic) bond motifs is 1. The largest absolute Gasteiger partial charge is 0.454 e. The van der Waals surface area contributed by atoms with Gasteiger partial charge in [0, 0.05) is 13.1 Å². The number of hydrogen-bond donors (Lipinski definition) is 0. The zero-order valence-corrected chi connectivity index (χ0v) is 11.4. The first kappa shape index (κ1) is 15.2. The van der Waals surface area contributed by atoms with Crippen LogP contribution in [0.3, 0.4) is 0 Å². The standard InChI is InChI=1S/C11H11F2NO3.C2H6/c1-6-3-8-9(17-5-16-8)4-7(6)14(2)11(15)10(12)13;1-2/h3-4,10H,5H2,1-2H3;1-2H3. The predicted molar refractivity (Wildman–Crippen MR) is 68.1 cm³/mol. The SMILES string of the molecule is CC.Cc1cc2c(cc1N(C)C(=O)C(F)F)OCO2. The number of carbonyl (C=O) groups is 1. The van der Waals surface area contributed by atoms with Crippen molar-refractivity contribution in [3.8, 4) is 11.5 Å². The van der Waals surface area contributed by atoms with Crippen molar-refractivity contribution in [3.63, 3.8) is 0 Å². The minimum absolute atomic E-state index is 0.102. The van der Waals surface area contributed by atoms with Crippen LogP contribution >= 0.6 is 0 Å². The minimum atomic E-state index is -3.02. The number of halogens is 2. The molecule has 1 aromatic rings. The van der Waals surface area contributed by atoms with Gasteiger partial charge in [-0.05, 0) is 18.6 Å². The van der Waals surface area contributed by atoms with E-state index in [4.69, 9.17) is 9.47 Å². The molecule has 0 spiro atoms. The van der Waals surface area contributed by atoms with E-state index in [1.807, 2.05) is 13.8 Å². The second-order valence-electron chi connectivity index (χ2n) is 3.69. The van der Waals surface area contributed by atoms with Crippen LogP contribution in [0.25, 0.3) is 0 Å². The van der Waals surface area contributed by atoms with E-state index in [-0.39, 0.29) is 6.79 Å². The molecular weight excluding hydrogens is 256 g/mol.